The molecule has 0 fully saturated rings. The molecule has 0 spiro atoms. The normalized spacial score (nSPS) is 19.5. The Morgan fingerprint density at radius 1 is 1.15 bits per heavy atom. The zero-order valence-electron chi connectivity index (χ0n) is 18.4. The Labute approximate surface area is 193 Å². The maximum absolute atomic E-state index is 15.1. The number of pyridine rings is 1. The minimum absolute atomic E-state index is 0.0000316. The number of carbonyl (C=O) groups excluding carboxylic acids is 1. The van der Waals surface area contributed by atoms with Gasteiger partial charge in [0.25, 0.3) is 5.91 Å². The van der Waals surface area contributed by atoms with Gasteiger partial charge in [0.2, 0.25) is 0 Å². The SMILES string of the molecule is CC1c2nc3cc(F)c(-c4ccc(C(N)=O)nc4)cc3n2C(c2ccccc2OC(F)F)[C@@H]1C. The molecule has 174 valence electrons. The van der Waals surface area contributed by atoms with Crippen LogP contribution >= 0.6 is 0 Å². The second-order valence-electron chi connectivity index (χ2n) is 8.47. The van der Waals surface area contributed by atoms with Gasteiger partial charge in [0.05, 0.1) is 17.1 Å². The summed E-state index contributed by atoms with van der Waals surface area (Å²) in [6.07, 6.45) is 1.39. The molecular formula is C25H21F3N4O2. The highest BCUT2D eigenvalue weighted by molar-refractivity contribution is 5.91. The fourth-order valence-corrected chi connectivity index (χ4v) is 4.76. The zero-order valence-corrected chi connectivity index (χ0v) is 18.4. The Morgan fingerprint density at radius 3 is 2.59 bits per heavy atom. The maximum Gasteiger partial charge on any atom is 0.387 e. The molecule has 34 heavy (non-hydrogen) atoms. The zero-order chi connectivity index (χ0) is 24.1. The lowest BCUT2D eigenvalue weighted by atomic mass is 9.88. The first-order valence-corrected chi connectivity index (χ1v) is 10.8. The van der Waals surface area contributed by atoms with Crippen molar-refractivity contribution >= 4 is 16.9 Å². The molecule has 2 aromatic heterocycles. The van der Waals surface area contributed by atoms with Gasteiger partial charge in [0.1, 0.15) is 23.1 Å². The van der Waals surface area contributed by atoms with Crippen LogP contribution in [-0.2, 0) is 0 Å². The van der Waals surface area contributed by atoms with Crippen molar-refractivity contribution in [2.24, 2.45) is 11.7 Å². The number of nitrogens with zero attached hydrogens (tertiary/aromatic N) is 3. The van der Waals surface area contributed by atoms with Gasteiger partial charge in [0, 0.05) is 34.9 Å². The van der Waals surface area contributed by atoms with E-state index in [1.165, 1.54) is 24.4 Å². The van der Waals surface area contributed by atoms with Gasteiger partial charge < -0.3 is 15.0 Å². The third kappa shape index (κ3) is 3.48. The van der Waals surface area contributed by atoms with Crippen LogP contribution in [0.1, 0.15) is 47.7 Å². The summed E-state index contributed by atoms with van der Waals surface area (Å²) in [5, 5.41) is 0. The summed E-state index contributed by atoms with van der Waals surface area (Å²) < 4.78 is 48.0. The average molecular weight is 466 g/mol. The van der Waals surface area contributed by atoms with E-state index in [-0.39, 0.29) is 34.9 Å². The molecule has 0 aliphatic carbocycles. The summed E-state index contributed by atoms with van der Waals surface area (Å²) >= 11 is 0. The van der Waals surface area contributed by atoms with Gasteiger partial charge in [-0.05, 0) is 24.1 Å². The Morgan fingerprint density at radius 2 is 1.91 bits per heavy atom. The van der Waals surface area contributed by atoms with Crippen LogP contribution < -0.4 is 10.5 Å². The highest BCUT2D eigenvalue weighted by Gasteiger charge is 2.40. The van der Waals surface area contributed by atoms with Gasteiger partial charge in [-0.1, -0.05) is 38.1 Å². The van der Waals surface area contributed by atoms with Crippen LogP contribution in [0.5, 0.6) is 5.75 Å². The fourth-order valence-electron chi connectivity index (χ4n) is 4.76. The average Bonchev–Trinajstić information content (AvgIpc) is 3.27. The lowest BCUT2D eigenvalue weighted by Crippen LogP contribution is -2.15. The molecule has 0 saturated carbocycles. The number of amides is 1. The maximum atomic E-state index is 15.1. The van der Waals surface area contributed by atoms with Crippen LogP contribution in [0.4, 0.5) is 13.2 Å². The van der Waals surface area contributed by atoms with Crippen LogP contribution in [0.25, 0.3) is 22.2 Å². The molecule has 9 heteroatoms. The Kier molecular flexibility index (Phi) is 5.27. The molecule has 6 nitrogen and oxygen atoms in total. The second kappa shape index (κ2) is 8.16. The van der Waals surface area contributed by atoms with E-state index in [1.54, 1.807) is 30.3 Å². The van der Waals surface area contributed by atoms with Crippen molar-refractivity contribution in [3.63, 3.8) is 0 Å². The molecule has 1 aliphatic heterocycles. The summed E-state index contributed by atoms with van der Waals surface area (Å²) in [6, 6.07) is 12.4. The van der Waals surface area contributed by atoms with E-state index in [4.69, 9.17) is 10.5 Å². The van der Waals surface area contributed by atoms with Gasteiger partial charge in [-0.25, -0.2) is 9.37 Å². The van der Waals surface area contributed by atoms with Crippen molar-refractivity contribution in [2.75, 3.05) is 0 Å². The Bertz CT molecular complexity index is 1400. The number of fused-ring (bicyclic) bond motifs is 3. The fraction of sp³-hybridized carbons (Fsp3) is 0.240. The number of halogens is 3. The van der Waals surface area contributed by atoms with Crippen molar-refractivity contribution < 1.29 is 22.7 Å². The summed E-state index contributed by atoms with van der Waals surface area (Å²) in [5.74, 6) is -0.287. The lowest BCUT2D eigenvalue weighted by molar-refractivity contribution is -0.0508. The lowest BCUT2D eigenvalue weighted by Gasteiger charge is -2.23. The minimum Gasteiger partial charge on any atom is -0.434 e. The molecule has 4 aromatic rings. The number of benzene rings is 2. The van der Waals surface area contributed by atoms with Crippen LogP contribution in [-0.4, -0.2) is 27.1 Å². The monoisotopic (exact) mass is 466 g/mol. The molecule has 2 N–H and O–H groups in total. The molecule has 5 rings (SSSR count). The molecule has 1 amide bonds. The standard InChI is InChI=1S/C25H21F3N4O2/c1-12-13(2)24-31-19-10-17(26)16(14-7-8-18(23(29)33)30-11-14)9-20(19)32(24)22(12)15-5-3-4-6-21(15)34-25(27)28/h3-13,22,25H,1-2H3,(H2,29,33)/t12-,13?,22?/m1/s1. The first-order valence-electron chi connectivity index (χ1n) is 10.8. The molecular weight excluding hydrogens is 445 g/mol. The number of alkyl halides is 2. The Hall–Kier alpha value is -3.88. The van der Waals surface area contributed by atoms with Gasteiger partial charge in [-0.3, -0.25) is 9.78 Å². The third-order valence-electron chi connectivity index (χ3n) is 6.56. The number of para-hydroxylation sites is 1. The van der Waals surface area contributed by atoms with Crippen molar-refractivity contribution in [3.8, 4) is 16.9 Å². The van der Waals surface area contributed by atoms with E-state index in [0.717, 1.165) is 5.82 Å². The molecule has 2 aromatic carbocycles. The van der Waals surface area contributed by atoms with E-state index in [2.05, 4.69) is 9.97 Å². The quantitative estimate of drug-likeness (QED) is 0.434. The van der Waals surface area contributed by atoms with Crippen LogP contribution in [0.15, 0.2) is 54.7 Å². The van der Waals surface area contributed by atoms with Gasteiger partial charge in [-0.15, -0.1) is 0 Å². The topological polar surface area (TPSA) is 83.0 Å². The Balaban J connectivity index is 1.69. The number of primary amides is 1. The smallest absolute Gasteiger partial charge is 0.387 e. The number of imidazole rings is 1. The van der Waals surface area contributed by atoms with Crippen molar-refractivity contribution in [2.45, 2.75) is 32.4 Å². The number of nitrogens with two attached hydrogens (primary N) is 1. The van der Waals surface area contributed by atoms with E-state index in [9.17, 15) is 13.6 Å². The van der Waals surface area contributed by atoms with Gasteiger partial charge >= 0.3 is 6.61 Å². The predicted molar refractivity (Wildman–Crippen MR) is 120 cm³/mol. The van der Waals surface area contributed by atoms with E-state index >= 15 is 4.39 Å². The first kappa shape index (κ1) is 21.9. The predicted octanol–water partition coefficient (Wildman–Crippen LogP) is 5.28. The summed E-state index contributed by atoms with van der Waals surface area (Å²) in [5.41, 5.74) is 7.82. The summed E-state index contributed by atoms with van der Waals surface area (Å²) in [7, 11) is 0. The molecule has 3 atom stereocenters. The van der Waals surface area contributed by atoms with Gasteiger partial charge in [-0.2, -0.15) is 8.78 Å². The van der Waals surface area contributed by atoms with Crippen molar-refractivity contribution in [3.05, 3.63) is 77.6 Å². The third-order valence-corrected chi connectivity index (χ3v) is 6.56. The molecule has 0 saturated heterocycles. The number of hydrogen-bond acceptors (Lipinski definition) is 4. The highest BCUT2D eigenvalue weighted by Crippen LogP contribution is 2.49. The molecule has 0 radical (unpaired) electrons. The van der Waals surface area contributed by atoms with Crippen LogP contribution in [0.2, 0.25) is 0 Å². The molecule has 1 aliphatic rings. The number of ether oxygens (including phenoxy) is 1. The van der Waals surface area contributed by atoms with E-state index in [1.807, 2.05) is 18.4 Å². The summed E-state index contributed by atoms with van der Waals surface area (Å²) in [4.78, 5) is 20.0. The first-order chi connectivity index (χ1) is 16.3. The highest BCUT2D eigenvalue weighted by atomic mass is 19.3. The number of hydrogen-bond donors (Lipinski definition) is 1. The molecule has 2 unspecified atom stereocenters. The number of aromatic nitrogens is 3. The second-order valence-corrected chi connectivity index (χ2v) is 8.47. The largest absolute Gasteiger partial charge is 0.434 e. The summed E-state index contributed by atoms with van der Waals surface area (Å²) in [6.45, 7) is 1.10. The van der Waals surface area contributed by atoms with Gasteiger partial charge in [0.15, 0.2) is 0 Å². The van der Waals surface area contributed by atoms with Crippen LogP contribution in [0, 0.1) is 11.7 Å². The molecule has 3 heterocycles. The molecule has 0 bridgehead atoms. The van der Waals surface area contributed by atoms with Crippen molar-refractivity contribution in [1.82, 2.24) is 14.5 Å². The van der Waals surface area contributed by atoms with Crippen molar-refractivity contribution in [1.29, 1.82) is 0 Å². The number of carbonyl (C=O) groups is 1. The minimum atomic E-state index is -2.95. The van der Waals surface area contributed by atoms with E-state index < -0.39 is 18.3 Å². The van der Waals surface area contributed by atoms with E-state index in [0.29, 0.717) is 22.2 Å². The number of rotatable bonds is 5. The van der Waals surface area contributed by atoms with Crippen LogP contribution in [0.3, 0.4) is 0 Å².